The predicted octanol–water partition coefficient (Wildman–Crippen LogP) is 6.20. The molecule has 0 spiro atoms. The van der Waals surface area contributed by atoms with Crippen LogP contribution in [0.1, 0.15) is 22.3 Å². The van der Waals surface area contributed by atoms with Crippen molar-refractivity contribution in [3.05, 3.63) is 93.0 Å². The van der Waals surface area contributed by atoms with Crippen molar-refractivity contribution in [3.63, 3.8) is 0 Å². The van der Waals surface area contributed by atoms with Crippen LogP contribution in [0.4, 0.5) is 5.69 Å². The molecule has 0 heterocycles. The van der Waals surface area contributed by atoms with Crippen molar-refractivity contribution in [1.29, 1.82) is 5.26 Å². The van der Waals surface area contributed by atoms with Gasteiger partial charge in [0.15, 0.2) is 0 Å². The smallest absolute Gasteiger partial charge is 0.266 e. The molecule has 0 aliphatic rings. The summed E-state index contributed by atoms with van der Waals surface area (Å²) in [6, 6.07) is 20.7. The molecule has 1 amide bonds. The zero-order valence-corrected chi connectivity index (χ0v) is 19.7. The first-order valence-corrected chi connectivity index (χ1v) is 10.7. The van der Waals surface area contributed by atoms with Crippen LogP contribution in [-0.4, -0.2) is 13.0 Å². The number of nitrogens with one attached hydrogen (secondary N) is 1. The van der Waals surface area contributed by atoms with Gasteiger partial charge < -0.3 is 14.8 Å². The highest BCUT2D eigenvalue weighted by atomic mass is 79.9. The van der Waals surface area contributed by atoms with Crippen LogP contribution in [0.3, 0.4) is 0 Å². The summed E-state index contributed by atoms with van der Waals surface area (Å²) in [4.78, 5) is 12.6. The molecule has 0 bridgehead atoms. The number of benzene rings is 3. The fourth-order valence-corrected chi connectivity index (χ4v) is 3.48. The summed E-state index contributed by atoms with van der Waals surface area (Å²) in [6.07, 6.45) is 1.58. The van der Waals surface area contributed by atoms with Gasteiger partial charge in [0, 0.05) is 10.2 Å². The van der Waals surface area contributed by atoms with Crippen LogP contribution in [-0.2, 0) is 11.4 Å². The molecule has 0 aromatic heterocycles. The number of methoxy groups -OCH3 is 1. The van der Waals surface area contributed by atoms with Crippen molar-refractivity contribution >= 4 is 33.6 Å². The van der Waals surface area contributed by atoms with Crippen molar-refractivity contribution in [3.8, 4) is 17.6 Å². The summed E-state index contributed by atoms with van der Waals surface area (Å²) in [5.74, 6) is 1.02. The first-order chi connectivity index (χ1) is 15.4. The monoisotopic (exact) mass is 490 g/mol. The number of nitriles is 1. The van der Waals surface area contributed by atoms with Crippen molar-refractivity contribution in [2.45, 2.75) is 20.5 Å². The fourth-order valence-electron chi connectivity index (χ4n) is 3.22. The second-order valence-electron chi connectivity index (χ2n) is 7.25. The Hall–Kier alpha value is -3.56. The molecule has 3 aromatic rings. The van der Waals surface area contributed by atoms with Gasteiger partial charge in [-0.3, -0.25) is 4.79 Å². The van der Waals surface area contributed by atoms with E-state index in [1.54, 1.807) is 37.5 Å². The van der Waals surface area contributed by atoms with Crippen molar-refractivity contribution in [1.82, 2.24) is 0 Å². The largest absolute Gasteiger partial charge is 0.497 e. The van der Waals surface area contributed by atoms with E-state index >= 15 is 0 Å². The molecule has 0 unspecified atom stereocenters. The lowest BCUT2D eigenvalue weighted by atomic mass is 10.0. The van der Waals surface area contributed by atoms with Crippen LogP contribution >= 0.6 is 15.9 Å². The van der Waals surface area contributed by atoms with Gasteiger partial charge in [0.1, 0.15) is 29.7 Å². The zero-order valence-electron chi connectivity index (χ0n) is 18.1. The number of carbonyl (C=O) groups excluding carboxylic acids is 1. The third-order valence-corrected chi connectivity index (χ3v) is 5.33. The number of hydrogen-bond acceptors (Lipinski definition) is 4. The van der Waals surface area contributed by atoms with E-state index in [1.807, 2.05) is 56.3 Å². The van der Waals surface area contributed by atoms with E-state index in [1.165, 1.54) is 0 Å². The second-order valence-corrected chi connectivity index (χ2v) is 8.17. The quantitative estimate of drug-likeness (QED) is 0.316. The molecule has 1 N–H and O–H groups in total. The zero-order chi connectivity index (χ0) is 23.1. The minimum atomic E-state index is -0.469. The third-order valence-electron chi connectivity index (χ3n) is 4.80. The SMILES string of the molecule is COc1ccc(NC(=O)/C(C#N)=C/c2cc(C)c(OCc3ccc(Br)cc3)c(C)c2)cc1. The Balaban J connectivity index is 1.74. The average molecular weight is 491 g/mol. The number of ether oxygens (including phenoxy) is 2. The van der Waals surface area contributed by atoms with Gasteiger partial charge >= 0.3 is 0 Å². The second kappa shape index (κ2) is 10.7. The van der Waals surface area contributed by atoms with Crippen molar-refractivity contribution in [2.24, 2.45) is 0 Å². The first-order valence-electron chi connectivity index (χ1n) is 9.95. The van der Waals surface area contributed by atoms with E-state index in [0.717, 1.165) is 32.5 Å². The topological polar surface area (TPSA) is 71.3 Å². The molecule has 162 valence electrons. The van der Waals surface area contributed by atoms with Crippen molar-refractivity contribution in [2.75, 3.05) is 12.4 Å². The Morgan fingerprint density at radius 1 is 1.06 bits per heavy atom. The number of rotatable bonds is 7. The molecule has 5 nitrogen and oxygen atoms in total. The minimum Gasteiger partial charge on any atom is -0.497 e. The Morgan fingerprint density at radius 2 is 1.69 bits per heavy atom. The maximum absolute atomic E-state index is 12.6. The highest BCUT2D eigenvalue weighted by Gasteiger charge is 2.12. The molecular formula is C26H23BrN2O3. The summed E-state index contributed by atoms with van der Waals surface area (Å²) >= 11 is 3.43. The number of anilines is 1. The van der Waals surface area contributed by atoms with E-state index in [9.17, 15) is 10.1 Å². The van der Waals surface area contributed by atoms with Gasteiger partial charge in [-0.25, -0.2) is 0 Å². The highest BCUT2D eigenvalue weighted by Crippen LogP contribution is 2.27. The maximum Gasteiger partial charge on any atom is 0.266 e. The van der Waals surface area contributed by atoms with Gasteiger partial charge in [0.05, 0.1) is 7.11 Å². The summed E-state index contributed by atoms with van der Waals surface area (Å²) < 4.78 is 12.2. The Kier molecular flexibility index (Phi) is 7.69. The van der Waals surface area contributed by atoms with Crippen LogP contribution in [0.25, 0.3) is 6.08 Å². The van der Waals surface area contributed by atoms with Crippen LogP contribution in [0.2, 0.25) is 0 Å². The van der Waals surface area contributed by atoms with Gasteiger partial charge in [0.25, 0.3) is 5.91 Å². The predicted molar refractivity (Wildman–Crippen MR) is 130 cm³/mol. The van der Waals surface area contributed by atoms with Crippen molar-refractivity contribution < 1.29 is 14.3 Å². The number of nitrogens with zero attached hydrogens (tertiary/aromatic N) is 1. The van der Waals surface area contributed by atoms with E-state index in [2.05, 4.69) is 21.2 Å². The van der Waals surface area contributed by atoms with Gasteiger partial charge in [-0.1, -0.05) is 28.1 Å². The van der Waals surface area contributed by atoms with Crippen LogP contribution in [0.15, 0.2) is 70.7 Å². The molecule has 0 fully saturated rings. The molecule has 0 atom stereocenters. The number of aryl methyl sites for hydroxylation is 2. The van der Waals surface area contributed by atoms with Gasteiger partial charge in [-0.15, -0.1) is 0 Å². The molecule has 6 heteroatoms. The Labute approximate surface area is 196 Å². The van der Waals surface area contributed by atoms with E-state index in [0.29, 0.717) is 18.0 Å². The fraction of sp³-hybridized carbons (Fsp3) is 0.154. The minimum absolute atomic E-state index is 0.0168. The molecule has 32 heavy (non-hydrogen) atoms. The normalized spacial score (nSPS) is 10.9. The molecule has 0 saturated carbocycles. The number of halogens is 1. The molecule has 0 saturated heterocycles. The van der Waals surface area contributed by atoms with E-state index < -0.39 is 5.91 Å². The summed E-state index contributed by atoms with van der Waals surface area (Å²) in [7, 11) is 1.57. The molecule has 0 aliphatic heterocycles. The molecular weight excluding hydrogens is 468 g/mol. The Morgan fingerprint density at radius 3 is 2.25 bits per heavy atom. The Bertz CT molecular complexity index is 1150. The van der Waals surface area contributed by atoms with E-state index in [4.69, 9.17) is 9.47 Å². The summed E-state index contributed by atoms with van der Waals surface area (Å²) in [6.45, 7) is 4.35. The lowest BCUT2D eigenvalue weighted by Gasteiger charge is -2.13. The van der Waals surface area contributed by atoms with Crippen LogP contribution in [0, 0.1) is 25.2 Å². The molecule has 0 aliphatic carbocycles. The average Bonchev–Trinajstić information content (AvgIpc) is 2.78. The van der Waals surface area contributed by atoms with Gasteiger partial charge in [0.2, 0.25) is 0 Å². The third kappa shape index (κ3) is 5.99. The van der Waals surface area contributed by atoms with Crippen LogP contribution in [0.5, 0.6) is 11.5 Å². The number of hydrogen-bond donors (Lipinski definition) is 1. The first kappa shape index (κ1) is 23.1. The highest BCUT2D eigenvalue weighted by molar-refractivity contribution is 9.10. The van der Waals surface area contributed by atoms with Gasteiger partial charge in [-0.2, -0.15) is 5.26 Å². The summed E-state index contributed by atoms with van der Waals surface area (Å²) in [5.41, 5.74) is 4.29. The summed E-state index contributed by atoms with van der Waals surface area (Å²) in [5, 5.41) is 12.2. The van der Waals surface area contributed by atoms with Gasteiger partial charge in [-0.05, 0) is 90.7 Å². The van der Waals surface area contributed by atoms with Crippen LogP contribution < -0.4 is 14.8 Å². The molecule has 3 rings (SSSR count). The standard InChI is InChI=1S/C26H23BrN2O3/c1-17-12-20(13-18(2)25(17)32-16-19-4-6-22(27)7-5-19)14-21(15-28)26(30)29-23-8-10-24(31-3)11-9-23/h4-14H,16H2,1-3H3,(H,29,30)/b21-14+. The van der Waals surface area contributed by atoms with E-state index in [-0.39, 0.29) is 5.57 Å². The lowest BCUT2D eigenvalue weighted by Crippen LogP contribution is -2.13. The number of amides is 1. The molecule has 3 aromatic carbocycles. The lowest BCUT2D eigenvalue weighted by molar-refractivity contribution is -0.112. The number of carbonyl (C=O) groups is 1. The maximum atomic E-state index is 12.6. The molecule has 0 radical (unpaired) electrons.